The molecule has 1 aliphatic heterocycles. The molecule has 0 aliphatic carbocycles. The molecule has 5 nitrogen and oxygen atoms in total. The molecule has 2 aromatic heterocycles. The standard InChI is InChI=1S/C19H14N4O/c24-19-13-5-3-7-15-17(13)23(11-10-20-19)18(22-15)16-9-8-12-4-1-2-6-14(12)21-16/h1-9H,10-11H2,(H,20,24). The third-order valence-corrected chi connectivity index (χ3v) is 4.46. The molecular weight excluding hydrogens is 300 g/mol. The molecule has 0 atom stereocenters. The summed E-state index contributed by atoms with van der Waals surface area (Å²) in [5, 5.41) is 4.04. The second kappa shape index (κ2) is 4.89. The van der Waals surface area contributed by atoms with E-state index < -0.39 is 0 Å². The minimum absolute atomic E-state index is 0.0442. The van der Waals surface area contributed by atoms with E-state index in [4.69, 9.17) is 9.97 Å². The highest BCUT2D eigenvalue weighted by molar-refractivity contribution is 6.06. The van der Waals surface area contributed by atoms with Crippen molar-refractivity contribution in [1.82, 2.24) is 19.9 Å². The fourth-order valence-corrected chi connectivity index (χ4v) is 3.35. The van der Waals surface area contributed by atoms with Crippen LogP contribution in [0.2, 0.25) is 0 Å². The van der Waals surface area contributed by atoms with Gasteiger partial charge in [0.25, 0.3) is 5.91 Å². The monoisotopic (exact) mass is 314 g/mol. The van der Waals surface area contributed by atoms with E-state index in [9.17, 15) is 4.79 Å². The van der Waals surface area contributed by atoms with Crippen LogP contribution < -0.4 is 5.32 Å². The number of para-hydroxylation sites is 2. The highest BCUT2D eigenvalue weighted by Gasteiger charge is 2.22. The fourth-order valence-electron chi connectivity index (χ4n) is 3.35. The summed E-state index contributed by atoms with van der Waals surface area (Å²) in [5.41, 5.74) is 4.15. The van der Waals surface area contributed by atoms with Gasteiger partial charge in [-0.2, -0.15) is 0 Å². The first-order valence-corrected chi connectivity index (χ1v) is 7.95. The lowest BCUT2D eigenvalue weighted by Crippen LogP contribution is -2.24. The van der Waals surface area contributed by atoms with E-state index in [2.05, 4.69) is 16.0 Å². The first kappa shape index (κ1) is 13.2. The van der Waals surface area contributed by atoms with Crippen molar-refractivity contribution >= 4 is 27.8 Å². The molecule has 0 unspecified atom stereocenters. The summed E-state index contributed by atoms with van der Waals surface area (Å²) < 4.78 is 2.10. The van der Waals surface area contributed by atoms with Crippen LogP contribution in [-0.2, 0) is 6.54 Å². The maximum Gasteiger partial charge on any atom is 0.253 e. The van der Waals surface area contributed by atoms with Crippen LogP contribution in [0, 0.1) is 0 Å². The largest absolute Gasteiger partial charge is 0.350 e. The molecule has 5 heteroatoms. The quantitative estimate of drug-likeness (QED) is 0.587. The normalized spacial score (nSPS) is 13.9. The van der Waals surface area contributed by atoms with E-state index in [0.717, 1.165) is 33.5 Å². The van der Waals surface area contributed by atoms with Crippen molar-refractivity contribution in [3.63, 3.8) is 0 Å². The van der Waals surface area contributed by atoms with E-state index >= 15 is 0 Å². The van der Waals surface area contributed by atoms with Gasteiger partial charge < -0.3 is 9.88 Å². The number of hydrogen-bond acceptors (Lipinski definition) is 3. The fraction of sp³-hybridized carbons (Fsp3) is 0.105. The van der Waals surface area contributed by atoms with Gasteiger partial charge in [0.2, 0.25) is 0 Å². The number of amides is 1. The van der Waals surface area contributed by atoms with Crippen molar-refractivity contribution in [3.05, 3.63) is 60.2 Å². The number of carbonyl (C=O) groups is 1. The van der Waals surface area contributed by atoms with Crippen LogP contribution >= 0.6 is 0 Å². The molecule has 116 valence electrons. The van der Waals surface area contributed by atoms with Gasteiger partial charge in [-0.05, 0) is 24.3 Å². The Bertz CT molecular complexity index is 1110. The van der Waals surface area contributed by atoms with Crippen molar-refractivity contribution in [1.29, 1.82) is 0 Å². The number of fused-ring (bicyclic) bond motifs is 1. The zero-order valence-corrected chi connectivity index (χ0v) is 12.9. The van der Waals surface area contributed by atoms with E-state index in [1.54, 1.807) is 0 Å². The molecule has 0 spiro atoms. The topological polar surface area (TPSA) is 59.8 Å². The summed E-state index contributed by atoms with van der Waals surface area (Å²) in [6.07, 6.45) is 0. The summed E-state index contributed by atoms with van der Waals surface area (Å²) in [6, 6.07) is 17.7. The number of pyridine rings is 1. The Labute approximate surface area is 138 Å². The number of benzene rings is 2. The zero-order valence-electron chi connectivity index (χ0n) is 12.9. The molecule has 0 saturated carbocycles. The summed E-state index contributed by atoms with van der Waals surface area (Å²) in [5.74, 6) is 0.761. The number of aromatic nitrogens is 3. The molecule has 0 fully saturated rings. The maximum absolute atomic E-state index is 12.2. The Morgan fingerprint density at radius 3 is 2.75 bits per heavy atom. The Kier molecular flexibility index (Phi) is 2.70. The zero-order chi connectivity index (χ0) is 16.1. The average Bonchev–Trinajstić information content (AvgIpc) is 2.91. The van der Waals surface area contributed by atoms with Gasteiger partial charge in [0.05, 0.1) is 22.1 Å². The molecular formula is C19H14N4O. The predicted octanol–water partition coefficient (Wildman–Crippen LogP) is 2.99. The van der Waals surface area contributed by atoms with Crippen molar-refractivity contribution in [2.24, 2.45) is 0 Å². The second-order valence-electron chi connectivity index (χ2n) is 5.91. The summed E-state index contributed by atoms with van der Waals surface area (Å²) in [7, 11) is 0. The SMILES string of the molecule is O=C1NCCn2c(-c3ccc4ccccc4n3)nc3cccc1c32. The molecule has 5 rings (SSSR count). The molecule has 1 aliphatic rings. The van der Waals surface area contributed by atoms with E-state index in [1.807, 2.05) is 48.5 Å². The van der Waals surface area contributed by atoms with Gasteiger partial charge >= 0.3 is 0 Å². The lowest BCUT2D eigenvalue weighted by Gasteiger charge is -2.07. The molecule has 3 heterocycles. The Balaban J connectivity index is 1.81. The second-order valence-corrected chi connectivity index (χ2v) is 5.91. The number of nitrogens with zero attached hydrogens (tertiary/aromatic N) is 3. The van der Waals surface area contributed by atoms with Gasteiger partial charge in [-0.25, -0.2) is 9.97 Å². The predicted molar refractivity (Wildman–Crippen MR) is 92.8 cm³/mol. The molecule has 1 amide bonds. The molecule has 0 radical (unpaired) electrons. The highest BCUT2D eigenvalue weighted by atomic mass is 16.1. The van der Waals surface area contributed by atoms with Crippen LogP contribution in [0.15, 0.2) is 54.6 Å². The van der Waals surface area contributed by atoms with Crippen molar-refractivity contribution < 1.29 is 4.79 Å². The van der Waals surface area contributed by atoms with Gasteiger partial charge in [0, 0.05) is 18.5 Å². The van der Waals surface area contributed by atoms with Gasteiger partial charge in [0.15, 0.2) is 5.82 Å². The molecule has 2 aromatic carbocycles. The Hall–Kier alpha value is -3.21. The summed E-state index contributed by atoms with van der Waals surface area (Å²) in [6.45, 7) is 1.27. The molecule has 1 N–H and O–H groups in total. The smallest absolute Gasteiger partial charge is 0.253 e. The maximum atomic E-state index is 12.2. The van der Waals surface area contributed by atoms with Gasteiger partial charge in [-0.15, -0.1) is 0 Å². The van der Waals surface area contributed by atoms with Crippen LogP contribution in [0.5, 0.6) is 0 Å². The first-order valence-electron chi connectivity index (χ1n) is 7.95. The van der Waals surface area contributed by atoms with Gasteiger partial charge in [-0.3, -0.25) is 4.79 Å². The minimum atomic E-state index is -0.0442. The highest BCUT2D eigenvalue weighted by Crippen LogP contribution is 2.28. The average molecular weight is 314 g/mol. The summed E-state index contributed by atoms with van der Waals surface area (Å²) >= 11 is 0. The first-order chi connectivity index (χ1) is 11.8. The van der Waals surface area contributed by atoms with Crippen LogP contribution in [-0.4, -0.2) is 27.0 Å². The van der Waals surface area contributed by atoms with Crippen LogP contribution in [0.3, 0.4) is 0 Å². The Morgan fingerprint density at radius 2 is 1.79 bits per heavy atom. The lowest BCUT2D eigenvalue weighted by molar-refractivity contribution is 0.0956. The number of imidazole rings is 1. The molecule has 0 saturated heterocycles. The van der Waals surface area contributed by atoms with Crippen molar-refractivity contribution in [2.45, 2.75) is 6.54 Å². The number of nitrogens with one attached hydrogen (secondary N) is 1. The molecule has 24 heavy (non-hydrogen) atoms. The molecule has 0 bridgehead atoms. The third kappa shape index (κ3) is 1.84. The van der Waals surface area contributed by atoms with Gasteiger partial charge in [-0.1, -0.05) is 30.3 Å². The van der Waals surface area contributed by atoms with Gasteiger partial charge in [0.1, 0.15) is 5.69 Å². The van der Waals surface area contributed by atoms with Crippen molar-refractivity contribution in [2.75, 3.05) is 6.54 Å². The summed E-state index contributed by atoms with van der Waals surface area (Å²) in [4.78, 5) is 21.8. The van der Waals surface area contributed by atoms with E-state index in [-0.39, 0.29) is 5.91 Å². The number of hydrogen-bond donors (Lipinski definition) is 1. The lowest BCUT2D eigenvalue weighted by atomic mass is 10.2. The van der Waals surface area contributed by atoms with Crippen LogP contribution in [0.4, 0.5) is 0 Å². The van der Waals surface area contributed by atoms with Crippen LogP contribution in [0.25, 0.3) is 33.5 Å². The van der Waals surface area contributed by atoms with E-state index in [0.29, 0.717) is 18.7 Å². The molecule has 4 aromatic rings. The van der Waals surface area contributed by atoms with Crippen molar-refractivity contribution in [3.8, 4) is 11.5 Å². The number of carbonyl (C=O) groups excluding carboxylic acids is 1. The Morgan fingerprint density at radius 1 is 0.917 bits per heavy atom. The third-order valence-electron chi connectivity index (χ3n) is 4.46. The van der Waals surface area contributed by atoms with E-state index in [1.165, 1.54) is 0 Å². The number of rotatable bonds is 1. The van der Waals surface area contributed by atoms with Crippen LogP contribution in [0.1, 0.15) is 10.4 Å². The minimum Gasteiger partial charge on any atom is -0.350 e.